The third kappa shape index (κ3) is 7.22. The molecule has 1 fully saturated rings. The second kappa shape index (κ2) is 13.4. The van der Waals surface area contributed by atoms with E-state index in [1.807, 2.05) is 0 Å². The Kier molecular flexibility index (Phi) is 9.44. The Balaban J connectivity index is 1.33. The Morgan fingerprint density at radius 3 is 2.23 bits per heavy atom. The molecule has 0 bridgehead atoms. The zero-order valence-corrected chi connectivity index (χ0v) is 21.6. The van der Waals surface area contributed by atoms with Crippen molar-refractivity contribution in [3.63, 3.8) is 0 Å². The van der Waals surface area contributed by atoms with E-state index >= 15 is 0 Å². The molecule has 1 aliphatic heterocycles. The highest BCUT2D eigenvalue weighted by atomic mass is 16.7. The van der Waals surface area contributed by atoms with E-state index in [0.29, 0.717) is 16.9 Å². The average Bonchev–Trinajstić information content (AvgIpc) is 3.47. The number of carboxylic acid groups (broad SMARTS) is 1. The zero-order chi connectivity index (χ0) is 28.5. The summed E-state index contributed by atoms with van der Waals surface area (Å²) in [6.45, 7) is -0.169. The number of hydrogen-bond donors (Lipinski definition) is 3. The molecule has 11 heteroatoms. The van der Waals surface area contributed by atoms with E-state index in [9.17, 15) is 24.3 Å². The first-order valence-corrected chi connectivity index (χ1v) is 12.4. The molecule has 1 aliphatic rings. The van der Waals surface area contributed by atoms with Crippen molar-refractivity contribution in [2.75, 3.05) is 13.9 Å². The number of para-hydroxylation sites is 1. The summed E-state index contributed by atoms with van der Waals surface area (Å²) in [6, 6.07) is 20.6. The molecule has 3 aromatic carbocycles. The van der Waals surface area contributed by atoms with Crippen LogP contribution in [0.25, 0.3) is 0 Å². The van der Waals surface area contributed by atoms with Gasteiger partial charge in [0.25, 0.3) is 11.8 Å². The van der Waals surface area contributed by atoms with Gasteiger partial charge in [0.15, 0.2) is 12.2 Å². The molecular formula is C29H28N2O9. The number of rotatable bonds is 11. The molecule has 1 heterocycles. The molecule has 2 amide bonds. The fourth-order valence-electron chi connectivity index (χ4n) is 4.04. The lowest BCUT2D eigenvalue weighted by Crippen LogP contribution is -2.52. The molecule has 0 spiro atoms. The highest BCUT2D eigenvalue weighted by molar-refractivity contribution is 5.93. The lowest BCUT2D eigenvalue weighted by Gasteiger charge is -2.20. The summed E-state index contributed by atoms with van der Waals surface area (Å²) in [4.78, 5) is 49.8. The lowest BCUT2D eigenvalue weighted by atomic mass is 10.0. The third-order valence-corrected chi connectivity index (χ3v) is 6.13. The number of hydrogen-bond acceptors (Lipinski definition) is 8. The topological polar surface area (TPSA) is 149 Å². The van der Waals surface area contributed by atoms with E-state index in [4.69, 9.17) is 18.9 Å². The Labute approximate surface area is 230 Å². The maximum Gasteiger partial charge on any atom is 0.343 e. The molecule has 0 saturated carbocycles. The molecule has 208 valence electrons. The fourth-order valence-corrected chi connectivity index (χ4v) is 4.04. The highest BCUT2D eigenvalue weighted by Gasteiger charge is 2.41. The summed E-state index contributed by atoms with van der Waals surface area (Å²) in [6.07, 6.45) is -2.66. The Morgan fingerprint density at radius 1 is 0.900 bits per heavy atom. The predicted octanol–water partition coefficient (Wildman–Crippen LogP) is 2.08. The maximum atomic E-state index is 12.9. The SMILES string of the molecule is COc1ccccc1CNC(=O)C1OCOC1C(=O)NC(Cc1ccc(OC(=O)c2ccccc2)cc1)C(=O)O. The van der Waals surface area contributed by atoms with Crippen molar-refractivity contribution in [3.8, 4) is 11.5 Å². The number of amides is 2. The minimum Gasteiger partial charge on any atom is -0.496 e. The maximum absolute atomic E-state index is 12.9. The van der Waals surface area contributed by atoms with Crippen molar-refractivity contribution in [2.45, 2.75) is 31.2 Å². The molecule has 3 atom stereocenters. The second-order valence-corrected chi connectivity index (χ2v) is 8.83. The first-order chi connectivity index (χ1) is 19.4. The van der Waals surface area contributed by atoms with Crippen LogP contribution in [0.4, 0.5) is 0 Å². The number of esters is 1. The summed E-state index contributed by atoms with van der Waals surface area (Å²) in [5, 5.41) is 14.8. The fraction of sp³-hybridized carbons (Fsp3) is 0.241. The average molecular weight is 549 g/mol. The Hall–Kier alpha value is -4.74. The van der Waals surface area contributed by atoms with Gasteiger partial charge in [-0.25, -0.2) is 9.59 Å². The smallest absolute Gasteiger partial charge is 0.343 e. The van der Waals surface area contributed by atoms with Gasteiger partial charge in [-0.15, -0.1) is 0 Å². The van der Waals surface area contributed by atoms with Crippen molar-refractivity contribution in [1.82, 2.24) is 10.6 Å². The molecule has 40 heavy (non-hydrogen) atoms. The van der Waals surface area contributed by atoms with Crippen LogP contribution in [-0.2, 0) is 36.8 Å². The molecule has 1 saturated heterocycles. The van der Waals surface area contributed by atoms with Gasteiger partial charge in [0.2, 0.25) is 0 Å². The van der Waals surface area contributed by atoms with Gasteiger partial charge in [-0.1, -0.05) is 48.5 Å². The van der Waals surface area contributed by atoms with Gasteiger partial charge in [-0.05, 0) is 35.9 Å². The van der Waals surface area contributed by atoms with E-state index in [1.165, 1.54) is 19.2 Å². The molecule has 0 aliphatic carbocycles. The van der Waals surface area contributed by atoms with E-state index < -0.39 is 42.0 Å². The molecule has 0 radical (unpaired) electrons. The number of aliphatic carboxylic acids is 1. The highest BCUT2D eigenvalue weighted by Crippen LogP contribution is 2.19. The molecule has 11 nitrogen and oxygen atoms in total. The number of carboxylic acids is 1. The Bertz CT molecular complexity index is 1350. The van der Waals surface area contributed by atoms with Gasteiger partial charge < -0.3 is 34.7 Å². The third-order valence-electron chi connectivity index (χ3n) is 6.13. The van der Waals surface area contributed by atoms with Crippen molar-refractivity contribution in [3.05, 3.63) is 95.6 Å². The minimum atomic E-state index is -1.33. The summed E-state index contributed by atoms with van der Waals surface area (Å²) >= 11 is 0. The molecule has 3 N–H and O–H groups in total. The van der Waals surface area contributed by atoms with E-state index in [-0.39, 0.29) is 25.5 Å². The van der Waals surface area contributed by atoms with Crippen molar-refractivity contribution < 1.29 is 43.2 Å². The minimum absolute atomic E-state index is 0.0633. The molecule has 3 aromatic rings. The largest absolute Gasteiger partial charge is 0.496 e. The van der Waals surface area contributed by atoms with Crippen LogP contribution in [0.5, 0.6) is 11.5 Å². The van der Waals surface area contributed by atoms with Crippen LogP contribution in [0.3, 0.4) is 0 Å². The first kappa shape index (κ1) is 28.3. The van der Waals surface area contributed by atoms with E-state index in [1.54, 1.807) is 66.7 Å². The normalized spacial score (nSPS) is 16.9. The number of ether oxygens (including phenoxy) is 4. The standard InChI is InChI=1S/C29H28N2O9/c1-37-23-10-6-5-9-20(23)16-30-26(32)24-25(39-17-38-24)27(33)31-22(28(34)35)15-18-11-13-21(14-12-18)40-29(36)19-7-3-2-4-8-19/h2-14,22,24-25H,15-17H2,1H3,(H,30,32)(H,31,33)(H,34,35). The Morgan fingerprint density at radius 2 is 1.55 bits per heavy atom. The predicted molar refractivity (Wildman–Crippen MR) is 141 cm³/mol. The number of carbonyl (C=O) groups is 4. The van der Waals surface area contributed by atoms with Crippen LogP contribution in [-0.4, -0.2) is 61.0 Å². The van der Waals surface area contributed by atoms with Gasteiger partial charge in [-0.3, -0.25) is 9.59 Å². The zero-order valence-electron chi connectivity index (χ0n) is 21.6. The van der Waals surface area contributed by atoms with Crippen molar-refractivity contribution in [1.29, 1.82) is 0 Å². The molecular weight excluding hydrogens is 520 g/mol. The molecule has 0 aromatic heterocycles. The van der Waals surface area contributed by atoms with Crippen LogP contribution in [0.1, 0.15) is 21.5 Å². The lowest BCUT2D eigenvalue weighted by molar-refractivity contribution is -0.144. The van der Waals surface area contributed by atoms with Gasteiger partial charge in [0.1, 0.15) is 24.3 Å². The van der Waals surface area contributed by atoms with E-state index in [2.05, 4.69) is 10.6 Å². The molecule has 3 unspecified atom stereocenters. The van der Waals surface area contributed by atoms with Gasteiger partial charge in [0, 0.05) is 18.5 Å². The number of benzene rings is 3. The van der Waals surface area contributed by atoms with Gasteiger partial charge in [-0.2, -0.15) is 0 Å². The van der Waals surface area contributed by atoms with Gasteiger partial charge >= 0.3 is 11.9 Å². The van der Waals surface area contributed by atoms with Crippen LogP contribution < -0.4 is 20.1 Å². The monoisotopic (exact) mass is 548 g/mol. The molecule has 4 rings (SSSR count). The number of carbonyl (C=O) groups excluding carboxylic acids is 3. The van der Waals surface area contributed by atoms with Crippen molar-refractivity contribution >= 4 is 23.8 Å². The van der Waals surface area contributed by atoms with Crippen molar-refractivity contribution in [2.24, 2.45) is 0 Å². The second-order valence-electron chi connectivity index (χ2n) is 8.83. The van der Waals surface area contributed by atoms with Crippen LogP contribution >= 0.6 is 0 Å². The number of nitrogens with one attached hydrogen (secondary N) is 2. The van der Waals surface area contributed by atoms with Crippen LogP contribution in [0, 0.1) is 0 Å². The van der Waals surface area contributed by atoms with Gasteiger partial charge in [0.05, 0.1) is 12.7 Å². The number of methoxy groups -OCH3 is 1. The first-order valence-electron chi connectivity index (χ1n) is 12.4. The van der Waals surface area contributed by atoms with E-state index in [0.717, 1.165) is 5.56 Å². The van der Waals surface area contributed by atoms with Crippen LogP contribution in [0.15, 0.2) is 78.9 Å². The summed E-state index contributed by atoms with van der Waals surface area (Å²) < 4.78 is 21.2. The summed E-state index contributed by atoms with van der Waals surface area (Å²) in [7, 11) is 1.52. The summed E-state index contributed by atoms with van der Waals surface area (Å²) in [5.41, 5.74) is 1.69. The van der Waals surface area contributed by atoms with Crippen LogP contribution in [0.2, 0.25) is 0 Å². The quantitative estimate of drug-likeness (QED) is 0.242. The summed E-state index contributed by atoms with van der Waals surface area (Å²) in [5.74, 6) is -2.31.